The molecule has 0 radical (unpaired) electrons. The molecular weight excluding hydrogens is 1270 g/mol. The van der Waals surface area contributed by atoms with Gasteiger partial charge in [-0.3, -0.25) is 37.3 Å². The number of aliphatic hydroxyl groups is 1. The van der Waals surface area contributed by atoms with Crippen LogP contribution < -0.4 is 0 Å². The molecule has 0 aliphatic heterocycles. The molecule has 3 N–H and O–H groups in total. The van der Waals surface area contributed by atoms with Crippen LogP contribution in [0.15, 0.2) is 0 Å². The molecule has 0 spiro atoms. The van der Waals surface area contributed by atoms with Gasteiger partial charge >= 0.3 is 39.5 Å². The fourth-order valence-electron chi connectivity index (χ4n) is 11.9. The number of phosphoric acid groups is 2. The first-order valence-electron chi connectivity index (χ1n) is 40.4. The Bertz CT molecular complexity index is 1890. The zero-order valence-electron chi connectivity index (χ0n) is 63.5. The molecule has 0 aromatic carbocycles. The number of esters is 4. The Morgan fingerprint density at radius 1 is 0.299 bits per heavy atom. The van der Waals surface area contributed by atoms with E-state index in [-0.39, 0.29) is 25.7 Å². The van der Waals surface area contributed by atoms with Gasteiger partial charge in [-0.15, -0.1) is 0 Å². The molecule has 0 aromatic heterocycles. The van der Waals surface area contributed by atoms with E-state index in [1.165, 1.54) is 205 Å². The minimum atomic E-state index is -4.96. The summed E-state index contributed by atoms with van der Waals surface area (Å²) in [5.74, 6) is 0.175. The highest BCUT2D eigenvalue weighted by Crippen LogP contribution is 2.45. The second-order valence-electron chi connectivity index (χ2n) is 29.1. The summed E-state index contributed by atoms with van der Waals surface area (Å²) in [6.45, 7) is 11.9. The van der Waals surface area contributed by atoms with Crippen molar-refractivity contribution >= 4 is 39.5 Å². The molecule has 97 heavy (non-hydrogen) atoms. The molecule has 0 aliphatic carbocycles. The number of phosphoric ester groups is 2. The van der Waals surface area contributed by atoms with Gasteiger partial charge in [-0.25, -0.2) is 9.13 Å². The van der Waals surface area contributed by atoms with E-state index < -0.39 is 97.5 Å². The molecule has 19 heteroatoms. The summed E-state index contributed by atoms with van der Waals surface area (Å²) < 4.78 is 68.6. The van der Waals surface area contributed by atoms with Gasteiger partial charge in [-0.05, 0) is 43.4 Å². The number of ether oxygens (including phenoxy) is 4. The van der Waals surface area contributed by atoms with Gasteiger partial charge in [0.1, 0.15) is 19.3 Å². The maximum absolute atomic E-state index is 13.1. The largest absolute Gasteiger partial charge is 0.472 e. The lowest BCUT2D eigenvalue weighted by atomic mass is 9.99. The van der Waals surface area contributed by atoms with Crippen LogP contribution in [0.2, 0.25) is 0 Å². The summed E-state index contributed by atoms with van der Waals surface area (Å²) in [5, 5.41) is 10.6. The van der Waals surface area contributed by atoms with E-state index in [4.69, 9.17) is 37.0 Å². The number of carbonyl (C=O) groups is 4. The van der Waals surface area contributed by atoms with Gasteiger partial charge in [0.2, 0.25) is 0 Å². The zero-order valence-corrected chi connectivity index (χ0v) is 65.3. The first-order chi connectivity index (χ1) is 46.8. The van der Waals surface area contributed by atoms with E-state index in [2.05, 4.69) is 48.5 Å². The Hall–Kier alpha value is -1.94. The van der Waals surface area contributed by atoms with Gasteiger partial charge in [0.15, 0.2) is 12.2 Å². The predicted molar refractivity (Wildman–Crippen MR) is 395 cm³/mol. The summed E-state index contributed by atoms with van der Waals surface area (Å²) in [4.78, 5) is 72.9. The van der Waals surface area contributed by atoms with Crippen molar-refractivity contribution in [2.75, 3.05) is 39.6 Å². The van der Waals surface area contributed by atoms with Gasteiger partial charge in [-0.1, -0.05) is 350 Å². The number of hydrogen-bond acceptors (Lipinski definition) is 15. The van der Waals surface area contributed by atoms with E-state index in [0.717, 1.165) is 114 Å². The first kappa shape index (κ1) is 95.1. The van der Waals surface area contributed by atoms with Gasteiger partial charge < -0.3 is 33.8 Å². The summed E-state index contributed by atoms with van der Waals surface area (Å²) in [6, 6.07) is 0. The Morgan fingerprint density at radius 3 is 0.784 bits per heavy atom. The monoisotopic (exact) mass is 1420 g/mol. The van der Waals surface area contributed by atoms with Crippen LogP contribution in [0.4, 0.5) is 0 Å². The zero-order chi connectivity index (χ0) is 71.6. The summed E-state index contributed by atoms with van der Waals surface area (Å²) in [5.41, 5.74) is 0. The number of unbranched alkanes of at least 4 members (excludes halogenated alkanes) is 42. The van der Waals surface area contributed by atoms with Crippen LogP contribution in [0.25, 0.3) is 0 Å². The van der Waals surface area contributed by atoms with Crippen LogP contribution in [0.1, 0.15) is 402 Å². The second-order valence-corrected chi connectivity index (χ2v) is 32.0. The third kappa shape index (κ3) is 69.5. The van der Waals surface area contributed by atoms with Crippen LogP contribution in [-0.2, 0) is 65.4 Å². The molecule has 17 nitrogen and oxygen atoms in total. The van der Waals surface area contributed by atoms with Crippen molar-refractivity contribution in [1.29, 1.82) is 0 Å². The minimum Gasteiger partial charge on any atom is -0.462 e. The van der Waals surface area contributed by atoms with E-state index in [9.17, 15) is 43.2 Å². The maximum atomic E-state index is 13.1. The summed E-state index contributed by atoms with van der Waals surface area (Å²) >= 11 is 0. The summed E-state index contributed by atoms with van der Waals surface area (Å²) in [6.07, 6.45) is 55.5. The molecule has 0 aliphatic rings. The fraction of sp³-hybridized carbons (Fsp3) is 0.949. The van der Waals surface area contributed by atoms with Crippen molar-refractivity contribution in [2.24, 2.45) is 17.8 Å². The van der Waals surface area contributed by atoms with Crippen molar-refractivity contribution in [2.45, 2.75) is 420 Å². The second kappa shape index (κ2) is 68.5. The fourth-order valence-corrected chi connectivity index (χ4v) is 13.5. The Balaban J connectivity index is 5.24. The molecule has 0 fully saturated rings. The van der Waals surface area contributed by atoms with Gasteiger partial charge in [0.05, 0.1) is 26.4 Å². The lowest BCUT2D eigenvalue weighted by Crippen LogP contribution is -2.30. The Morgan fingerprint density at radius 2 is 0.526 bits per heavy atom. The topological polar surface area (TPSA) is 237 Å². The van der Waals surface area contributed by atoms with E-state index in [1.54, 1.807) is 0 Å². The third-order valence-corrected chi connectivity index (χ3v) is 20.8. The summed E-state index contributed by atoms with van der Waals surface area (Å²) in [7, 11) is -9.92. The lowest BCUT2D eigenvalue weighted by Gasteiger charge is -2.21. The van der Waals surface area contributed by atoms with Crippen LogP contribution in [0, 0.1) is 17.8 Å². The van der Waals surface area contributed by atoms with Crippen molar-refractivity contribution < 1.29 is 80.2 Å². The van der Waals surface area contributed by atoms with Crippen LogP contribution in [0.5, 0.6) is 0 Å². The highest BCUT2D eigenvalue weighted by Gasteiger charge is 2.30. The predicted octanol–water partition coefficient (Wildman–Crippen LogP) is 23.0. The third-order valence-electron chi connectivity index (χ3n) is 18.9. The van der Waals surface area contributed by atoms with Crippen molar-refractivity contribution in [3.05, 3.63) is 0 Å². The molecule has 576 valence electrons. The SMILES string of the molecule is CCCCCCCCCCCCCCCCCCCCCCC(=O)O[C@H](COC(=O)CCCCCCCCCCCCC(C)CC)COP(=O)(O)OC[C@@H](O)COP(=O)(O)OC[C@@H](COC(=O)CCCCCCCCC(C)CC)OC(=O)CCCCCCCCCCCCC(C)C. The number of carbonyl (C=O) groups excluding carboxylic acids is 4. The van der Waals surface area contributed by atoms with Gasteiger partial charge in [0.25, 0.3) is 0 Å². The van der Waals surface area contributed by atoms with Crippen molar-refractivity contribution in [3.63, 3.8) is 0 Å². The number of rotatable bonds is 76. The number of aliphatic hydroxyl groups excluding tert-OH is 1. The highest BCUT2D eigenvalue weighted by atomic mass is 31.2. The van der Waals surface area contributed by atoms with Crippen molar-refractivity contribution in [3.8, 4) is 0 Å². The van der Waals surface area contributed by atoms with Crippen LogP contribution in [-0.4, -0.2) is 96.7 Å². The van der Waals surface area contributed by atoms with Crippen LogP contribution in [0.3, 0.4) is 0 Å². The molecular formula is C78H152O17P2. The normalized spacial score (nSPS) is 14.6. The number of hydrogen-bond donors (Lipinski definition) is 3. The molecule has 0 aromatic rings. The molecule has 0 saturated carbocycles. The van der Waals surface area contributed by atoms with E-state index in [1.807, 2.05) is 0 Å². The lowest BCUT2D eigenvalue weighted by molar-refractivity contribution is -0.161. The van der Waals surface area contributed by atoms with Gasteiger partial charge in [0, 0.05) is 25.7 Å². The standard InChI is InChI=1S/C78H152O17P2/c1-8-11-12-13-14-15-16-17-18-19-20-21-22-23-24-25-33-38-47-54-61-77(82)94-73(65-88-75(80)59-52-45-37-32-29-27-31-36-43-50-57-70(6)9-2)67-92-96(84,85)90-63-72(79)64-91-97(86,87)93-68-74(66-89-76(81)60-53-46-41-40-44-51-58-71(7)10-3)95-78(83)62-55-48-39-34-28-26-30-35-42-49-56-69(4)5/h69-74,79H,8-68H2,1-7H3,(H,84,85)(H,86,87)/t70?,71?,72-,73-,74-/m1/s1. The quantitative estimate of drug-likeness (QED) is 0.0222. The van der Waals surface area contributed by atoms with Gasteiger partial charge in [-0.2, -0.15) is 0 Å². The molecule has 0 amide bonds. The first-order valence-corrected chi connectivity index (χ1v) is 43.4. The van der Waals surface area contributed by atoms with Crippen LogP contribution >= 0.6 is 15.6 Å². The highest BCUT2D eigenvalue weighted by molar-refractivity contribution is 7.47. The van der Waals surface area contributed by atoms with E-state index in [0.29, 0.717) is 25.7 Å². The average Bonchev–Trinajstić information content (AvgIpc) is 1.56. The molecule has 0 bridgehead atoms. The smallest absolute Gasteiger partial charge is 0.462 e. The molecule has 7 atom stereocenters. The Labute approximate surface area is 594 Å². The Kier molecular flexibility index (Phi) is 67.1. The van der Waals surface area contributed by atoms with Crippen molar-refractivity contribution in [1.82, 2.24) is 0 Å². The minimum absolute atomic E-state index is 0.105. The maximum Gasteiger partial charge on any atom is 0.472 e. The molecule has 0 heterocycles. The molecule has 4 unspecified atom stereocenters. The average molecular weight is 1420 g/mol. The molecule has 0 saturated heterocycles. The molecule has 0 rings (SSSR count). The van der Waals surface area contributed by atoms with E-state index >= 15 is 0 Å².